The van der Waals surface area contributed by atoms with Crippen molar-refractivity contribution in [3.63, 3.8) is 0 Å². The molecule has 21 heavy (non-hydrogen) atoms. The van der Waals surface area contributed by atoms with E-state index >= 15 is 0 Å². The van der Waals surface area contributed by atoms with Crippen molar-refractivity contribution in [3.05, 3.63) is 48.0 Å². The molecular formula is C12H8Br2ClN3O2S. The molecule has 0 fully saturated rings. The molecule has 0 aliphatic rings. The van der Waals surface area contributed by atoms with Gasteiger partial charge in [-0.2, -0.15) is 0 Å². The van der Waals surface area contributed by atoms with Crippen LogP contribution in [0.2, 0.25) is 5.02 Å². The maximum absolute atomic E-state index is 12.3. The van der Waals surface area contributed by atoms with Gasteiger partial charge in [-0.25, -0.2) is 0 Å². The van der Waals surface area contributed by atoms with Crippen molar-refractivity contribution < 1.29 is 10.0 Å². The number of amidine groups is 1. The maximum atomic E-state index is 12.3. The molecule has 0 saturated heterocycles. The normalized spacial score (nSPS) is 11.5. The van der Waals surface area contributed by atoms with Gasteiger partial charge in [0.2, 0.25) is 0 Å². The predicted octanol–water partition coefficient (Wildman–Crippen LogP) is 4.27. The van der Waals surface area contributed by atoms with Gasteiger partial charge in [-0.15, -0.1) is 11.3 Å². The first kappa shape index (κ1) is 16.3. The van der Waals surface area contributed by atoms with E-state index in [0.717, 1.165) is 3.79 Å². The molecule has 0 aliphatic heterocycles. The summed E-state index contributed by atoms with van der Waals surface area (Å²) in [5.41, 5.74) is 6.79. The summed E-state index contributed by atoms with van der Waals surface area (Å²) in [4.78, 5) is 12.3. The number of nitrogens with one attached hydrogen (secondary N) is 1. The molecule has 1 heterocycles. The first-order valence-corrected chi connectivity index (χ1v) is 8.24. The molecule has 110 valence electrons. The van der Waals surface area contributed by atoms with Crippen LogP contribution in [0.1, 0.15) is 15.9 Å². The Kier molecular flexibility index (Phi) is 5.26. The molecule has 0 spiro atoms. The van der Waals surface area contributed by atoms with E-state index in [9.17, 15) is 4.79 Å². The lowest BCUT2D eigenvalue weighted by Crippen LogP contribution is -2.19. The Labute approximate surface area is 146 Å². The Hall–Kier alpha value is -1.09. The van der Waals surface area contributed by atoms with Crippen LogP contribution in [0.25, 0.3) is 0 Å². The molecule has 4 N–H and O–H groups in total. The Bertz CT molecular complexity index is 733. The maximum Gasteiger partial charge on any atom is 0.257 e. The molecule has 0 atom stereocenters. The van der Waals surface area contributed by atoms with Gasteiger partial charge in [0.05, 0.1) is 18.8 Å². The molecule has 5 nitrogen and oxygen atoms in total. The van der Waals surface area contributed by atoms with E-state index in [4.69, 9.17) is 22.5 Å². The zero-order chi connectivity index (χ0) is 15.6. The van der Waals surface area contributed by atoms with Crippen LogP contribution in [-0.4, -0.2) is 17.0 Å². The monoisotopic (exact) mass is 451 g/mol. The van der Waals surface area contributed by atoms with Crippen molar-refractivity contribution >= 4 is 72.2 Å². The fourth-order valence-electron chi connectivity index (χ4n) is 1.58. The van der Waals surface area contributed by atoms with Gasteiger partial charge >= 0.3 is 0 Å². The topological polar surface area (TPSA) is 87.7 Å². The van der Waals surface area contributed by atoms with E-state index < -0.39 is 0 Å². The zero-order valence-corrected chi connectivity index (χ0v) is 15.0. The fourth-order valence-corrected chi connectivity index (χ4v) is 4.55. The summed E-state index contributed by atoms with van der Waals surface area (Å²) in [6.45, 7) is 0. The number of nitrogens with zero attached hydrogens (tertiary/aromatic N) is 1. The van der Waals surface area contributed by atoms with Crippen LogP contribution >= 0.6 is 54.8 Å². The number of oxime groups is 1. The first-order chi connectivity index (χ1) is 9.92. The Morgan fingerprint density at radius 3 is 2.62 bits per heavy atom. The highest BCUT2D eigenvalue weighted by Crippen LogP contribution is 2.32. The van der Waals surface area contributed by atoms with Gasteiger partial charge in [-0.3, -0.25) is 4.79 Å². The smallest absolute Gasteiger partial charge is 0.257 e. The van der Waals surface area contributed by atoms with Crippen LogP contribution in [0.3, 0.4) is 0 Å². The number of halogens is 3. The number of nitrogens with two attached hydrogens (primary N) is 1. The lowest BCUT2D eigenvalue weighted by molar-refractivity contribution is 0.102. The van der Waals surface area contributed by atoms with E-state index in [0.29, 0.717) is 25.6 Å². The molecule has 1 amide bonds. The lowest BCUT2D eigenvalue weighted by Gasteiger charge is -2.10. The van der Waals surface area contributed by atoms with Crippen LogP contribution < -0.4 is 11.1 Å². The largest absolute Gasteiger partial charge is 0.409 e. The van der Waals surface area contributed by atoms with E-state index in [2.05, 4.69) is 42.3 Å². The fraction of sp³-hybridized carbons (Fsp3) is 0. The zero-order valence-electron chi connectivity index (χ0n) is 10.2. The van der Waals surface area contributed by atoms with Gasteiger partial charge in [0.25, 0.3) is 5.91 Å². The quantitative estimate of drug-likeness (QED) is 0.281. The number of thiophene rings is 1. The van der Waals surface area contributed by atoms with Crippen LogP contribution in [0, 0.1) is 0 Å². The summed E-state index contributed by atoms with van der Waals surface area (Å²) in [6, 6.07) is 6.37. The number of carbonyl (C=O) groups is 1. The molecule has 2 rings (SSSR count). The van der Waals surface area contributed by atoms with Crippen LogP contribution in [-0.2, 0) is 0 Å². The SMILES string of the molecule is N/C(=N/O)c1ccc(Cl)cc1NC(=O)c1cc(Br)sc1Br. The second-order valence-electron chi connectivity index (χ2n) is 3.87. The summed E-state index contributed by atoms with van der Waals surface area (Å²) < 4.78 is 1.52. The van der Waals surface area contributed by atoms with Crippen LogP contribution in [0.15, 0.2) is 37.0 Å². The van der Waals surface area contributed by atoms with Crippen LogP contribution in [0.4, 0.5) is 5.69 Å². The van der Waals surface area contributed by atoms with Crippen molar-refractivity contribution in [1.82, 2.24) is 0 Å². The molecule has 0 unspecified atom stereocenters. The van der Waals surface area contributed by atoms with Gasteiger partial charge in [-0.1, -0.05) is 16.8 Å². The number of carbonyl (C=O) groups excluding carboxylic acids is 1. The van der Waals surface area contributed by atoms with E-state index in [1.54, 1.807) is 18.2 Å². The number of rotatable bonds is 3. The second kappa shape index (κ2) is 6.78. The minimum absolute atomic E-state index is 0.118. The Morgan fingerprint density at radius 1 is 1.33 bits per heavy atom. The third-order valence-electron chi connectivity index (χ3n) is 2.51. The summed E-state index contributed by atoms with van der Waals surface area (Å²) in [5.74, 6) is -0.453. The predicted molar refractivity (Wildman–Crippen MR) is 91.6 cm³/mol. The summed E-state index contributed by atoms with van der Waals surface area (Å²) in [6.07, 6.45) is 0. The number of amides is 1. The number of hydrogen-bond donors (Lipinski definition) is 3. The van der Waals surface area contributed by atoms with E-state index in [-0.39, 0.29) is 11.7 Å². The Balaban J connectivity index is 2.37. The van der Waals surface area contributed by atoms with E-state index in [1.165, 1.54) is 17.4 Å². The summed E-state index contributed by atoms with van der Waals surface area (Å²) in [5, 5.41) is 14.8. The van der Waals surface area contributed by atoms with Gasteiger partial charge in [0.1, 0.15) is 0 Å². The molecule has 0 saturated carbocycles. The van der Waals surface area contributed by atoms with Gasteiger partial charge in [0, 0.05) is 10.6 Å². The minimum Gasteiger partial charge on any atom is -0.409 e. The third kappa shape index (κ3) is 3.76. The van der Waals surface area contributed by atoms with Gasteiger partial charge in [-0.05, 0) is 56.1 Å². The molecule has 2 aromatic rings. The number of hydrogen-bond acceptors (Lipinski definition) is 4. The molecule has 9 heteroatoms. The number of anilines is 1. The molecule has 1 aromatic heterocycles. The Morgan fingerprint density at radius 2 is 2.05 bits per heavy atom. The van der Waals surface area contributed by atoms with Crippen LogP contribution in [0.5, 0.6) is 0 Å². The average molecular weight is 454 g/mol. The second-order valence-corrected chi connectivity index (χ2v) is 8.05. The number of benzene rings is 1. The van der Waals surface area contributed by atoms with Crippen molar-refractivity contribution in [2.75, 3.05) is 5.32 Å². The highest BCUT2D eigenvalue weighted by Gasteiger charge is 2.16. The average Bonchev–Trinajstić information content (AvgIpc) is 2.77. The molecule has 0 radical (unpaired) electrons. The van der Waals surface area contributed by atoms with Crippen molar-refractivity contribution in [3.8, 4) is 0 Å². The minimum atomic E-state index is -0.335. The molecule has 1 aromatic carbocycles. The highest BCUT2D eigenvalue weighted by molar-refractivity contribution is 9.12. The standard InChI is InChI=1S/C12H8Br2ClN3O2S/c13-9-4-7(10(14)21-9)12(19)17-8-3-5(15)1-2-6(8)11(16)18-20/h1-4,20H,(H2,16,18)(H,17,19). The molecule has 0 aliphatic carbocycles. The van der Waals surface area contributed by atoms with Crippen molar-refractivity contribution in [1.29, 1.82) is 0 Å². The van der Waals surface area contributed by atoms with Crippen molar-refractivity contribution in [2.45, 2.75) is 0 Å². The van der Waals surface area contributed by atoms with Gasteiger partial charge in [0.15, 0.2) is 5.84 Å². The summed E-state index contributed by atoms with van der Waals surface area (Å²) >= 11 is 13.9. The summed E-state index contributed by atoms with van der Waals surface area (Å²) in [7, 11) is 0. The van der Waals surface area contributed by atoms with Gasteiger partial charge < -0.3 is 16.3 Å². The first-order valence-electron chi connectivity index (χ1n) is 5.46. The lowest BCUT2D eigenvalue weighted by atomic mass is 10.1. The molecular weight excluding hydrogens is 445 g/mol. The third-order valence-corrected chi connectivity index (χ3v) is 5.09. The highest BCUT2D eigenvalue weighted by atomic mass is 79.9. The van der Waals surface area contributed by atoms with Crippen molar-refractivity contribution in [2.24, 2.45) is 10.9 Å². The molecule has 0 bridgehead atoms. The van der Waals surface area contributed by atoms with E-state index in [1.807, 2.05) is 0 Å².